The van der Waals surface area contributed by atoms with Crippen molar-refractivity contribution in [1.82, 2.24) is 0 Å². The van der Waals surface area contributed by atoms with Crippen molar-refractivity contribution in [2.45, 2.75) is 26.8 Å². The summed E-state index contributed by atoms with van der Waals surface area (Å²) in [5.74, 6) is -0.873. The van der Waals surface area contributed by atoms with Crippen LogP contribution in [0.3, 0.4) is 0 Å². The number of hydrogen-bond acceptors (Lipinski definition) is 5. The molecule has 0 aliphatic carbocycles. The topological polar surface area (TPSA) is 70.1 Å². The minimum absolute atomic E-state index is 0.0664. The number of carbonyl (C=O) groups excluding carboxylic acids is 2. The van der Waals surface area contributed by atoms with Crippen molar-refractivity contribution in [3.8, 4) is 5.75 Å². The molecule has 1 saturated heterocycles. The minimum atomic E-state index is -0.763. The van der Waals surface area contributed by atoms with Crippen LogP contribution in [0.4, 0.5) is 11.4 Å². The van der Waals surface area contributed by atoms with Crippen LogP contribution in [-0.2, 0) is 9.59 Å². The summed E-state index contributed by atoms with van der Waals surface area (Å²) in [7, 11) is 3.89. The Kier molecular flexibility index (Phi) is 6.65. The van der Waals surface area contributed by atoms with Crippen LogP contribution in [-0.4, -0.2) is 37.5 Å². The second kappa shape index (κ2) is 9.66. The zero-order chi connectivity index (χ0) is 25.3. The number of carbonyl (C=O) groups is 2. The lowest BCUT2D eigenvalue weighted by molar-refractivity contribution is -0.132. The summed E-state index contributed by atoms with van der Waals surface area (Å²) in [6.07, 6.45) is 0. The zero-order valence-electron chi connectivity index (χ0n) is 20.7. The molecule has 6 nitrogen and oxygen atoms in total. The maximum Gasteiger partial charge on any atom is 0.300 e. The number of anilines is 2. The van der Waals surface area contributed by atoms with E-state index in [0.29, 0.717) is 23.6 Å². The van der Waals surface area contributed by atoms with Gasteiger partial charge in [0, 0.05) is 31.0 Å². The van der Waals surface area contributed by atoms with Gasteiger partial charge >= 0.3 is 0 Å². The molecule has 0 bridgehead atoms. The van der Waals surface area contributed by atoms with E-state index in [-0.39, 0.29) is 11.3 Å². The number of benzene rings is 3. The van der Waals surface area contributed by atoms with Gasteiger partial charge in [-0.25, -0.2) is 0 Å². The van der Waals surface area contributed by atoms with E-state index >= 15 is 0 Å². The van der Waals surface area contributed by atoms with Crippen LogP contribution < -0.4 is 14.5 Å². The molecule has 1 heterocycles. The second-order valence-corrected chi connectivity index (χ2v) is 8.90. The van der Waals surface area contributed by atoms with Crippen LogP contribution >= 0.6 is 0 Å². The molecule has 1 aliphatic rings. The van der Waals surface area contributed by atoms with Crippen LogP contribution in [0.1, 0.15) is 35.2 Å². The first kappa shape index (κ1) is 24.1. The summed E-state index contributed by atoms with van der Waals surface area (Å²) in [6.45, 7) is 6.27. The summed E-state index contributed by atoms with van der Waals surface area (Å²) >= 11 is 0. The van der Waals surface area contributed by atoms with E-state index in [0.717, 1.165) is 22.4 Å². The van der Waals surface area contributed by atoms with Gasteiger partial charge < -0.3 is 14.7 Å². The van der Waals surface area contributed by atoms with Crippen molar-refractivity contribution in [2.75, 3.05) is 30.5 Å². The van der Waals surface area contributed by atoms with Crippen LogP contribution in [0, 0.1) is 13.8 Å². The number of aliphatic hydroxyl groups is 1. The summed E-state index contributed by atoms with van der Waals surface area (Å²) < 4.78 is 5.61. The van der Waals surface area contributed by atoms with Crippen LogP contribution in [0.5, 0.6) is 5.75 Å². The molecule has 3 aromatic rings. The summed E-state index contributed by atoms with van der Waals surface area (Å²) in [5, 5.41) is 11.4. The van der Waals surface area contributed by atoms with E-state index in [1.807, 2.05) is 88.3 Å². The molecule has 3 aromatic carbocycles. The Morgan fingerprint density at radius 3 is 2.20 bits per heavy atom. The van der Waals surface area contributed by atoms with Crippen molar-refractivity contribution in [3.63, 3.8) is 0 Å². The Labute approximate surface area is 206 Å². The van der Waals surface area contributed by atoms with E-state index in [1.54, 1.807) is 18.2 Å². The van der Waals surface area contributed by atoms with Crippen LogP contribution in [0.2, 0.25) is 0 Å². The summed E-state index contributed by atoms with van der Waals surface area (Å²) in [4.78, 5) is 30.1. The molecule has 0 spiro atoms. The smallest absolute Gasteiger partial charge is 0.300 e. The van der Waals surface area contributed by atoms with Gasteiger partial charge in [0.25, 0.3) is 11.7 Å². The molecule has 1 fully saturated rings. The number of aliphatic hydroxyl groups excluding tert-OH is 1. The highest BCUT2D eigenvalue weighted by molar-refractivity contribution is 6.51. The predicted octanol–water partition coefficient (Wildman–Crippen LogP) is 5.39. The predicted molar refractivity (Wildman–Crippen MR) is 139 cm³/mol. The van der Waals surface area contributed by atoms with Gasteiger partial charge in [-0.2, -0.15) is 0 Å². The molecule has 1 N–H and O–H groups in total. The average Bonchev–Trinajstić information content (AvgIpc) is 3.11. The van der Waals surface area contributed by atoms with Crippen molar-refractivity contribution >= 4 is 28.8 Å². The van der Waals surface area contributed by atoms with Crippen molar-refractivity contribution in [1.29, 1.82) is 0 Å². The molecular weight excluding hydrogens is 440 g/mol. The lowest BCUT2D eigenvalue weighted by Crippen LogP contribution is -2.29. The number of aryl methyl sites for hydroxylation is 2. The summed E-state index contributed by atoms with van der Waals surface area (Å²) in [6, 6.07) is 19.6. The molecule has 0 saturated carbocycles. The number of amides is 1. The second-order valence-electron chi connectivity index (χ2n) is 8.90. The van der Waals surface area contributed by atoms with Crippen LogP contribution in [0.15, 0.2) is 72.3 Å². The Balaban J connectivity index is 1.89. The molecule has 1 atom stereocenters. The largest absolute Gasteiger partial charge is 0.507 e. The van der Waals surface area contributed by atoms with Gasteiger partial charge in [0.15, 0.2) is 0 Å². The fourth-order valence-corrected chi connectivity index (χ4v) is 4.34. The maximum atomic E-state index is 13.3. The van der Waals surface area contributed by atoms with Gasteiger partial charge in [-0.3, -0.25) is 14.5 Å². The number of nitrogens with zero attached hydrogens (tertiary/aromatic N) is 2. The molecule has 4 rings (SSSR count). The Morgan fingerprint density at radius 2 is 1.63 bits per heavy atom. The highest BCUT2D eigenvalue weighted by Gasteiger charge is 2.47. The third-order valence-corrected chi connectivity index (χ3v) is 6.23. The first-order valence-electron chi connectivity index (χ1n) is 11.6. The summed E-state index contributed by atoms with van der Waals surface area (Å²) in [5.41, 5.74) is 4.72. The monoisotopic (exact) mass is 470 g/mol. The Morgan fingerprint density at radius 1 is 0.971 bits per heavy atom. The third kappa shape index (κ3) is 4.52. The molecular formula is C29H30N2O4. The van der Waals surface area contributed by atoms with Crippen molar-refractivity contribution < 1.29 is 19.4 Å². The molecule has 35 heavy (non-hydrogen) atoms. The number of Topliss-reactive ketones (excluding diaryl/α,β-unsaturated/α-hetero) is 1. The van der Waals surface area contributed by atoms with E-state index < -0.39 is 17.7 Å². The fourth-order valence-electron chi connectivity index (χ4n) is 4.34. The normalized spacial score (nSPS) is 17.1. The molecule has 0 aromatic heterocycles. The van der Waals surface area contributed by atoms with Crippen molar-refractivity contribution in [2.24, 2.45) is 0 Å². The number of ketones is 1. The molecule has 0 radical (unpaired) electrons. The maximum absolute atomic E-state index is 13.3. The molecule has 1 amide bonds. The van der Waals surface area contributed by atoms with Crippen LogP contribution in [0.25, 0.3) is 5.76 Å². The first-order chi connectivity index (χ1) is 16.7. The number of rotatable bonds is 6. The SMILES string of the molecule is CCOc1ccc(/C(O)=C2/C(=O)C(=O)N(c3ccc(C)cc3)C2c2ccc(N(C)C)cc2)cc1C. The standard InChI is InChI=1S/C29H30N2O4/c1-6-35-24-16-11-21(17-19(24)3)27(32)25-26(20-9-14-22(15-10-20)30(4)5)31(29(34)28(25)33)23-12-7-18(2)8-13-23/h7-17,26,32H,6H2,1-5H3/b27-25-. The first-order valence-corrected chi connectivity index (χ1v) is 11.6. The molecule has 6 heteroatoms. The fraction of sp³-hybridized carbons (Fsp3) is 0.241. The Bertz CT molecular complexity index is 1290. The number of hydrogen-bond donors (Lipinski definition) is 1. The van der Waals surface area contributed by atoms with Crippen molar-refractivity contribution in [3.05, 3.63) is 94.6 Å². The zero-order valence-corrected chi connectivity index (χ0v) is 20.7. The van der Waals surface area contributed by atoms with E-state index in [9.17, 15) is 14.7 Å². The van der Waals surface area contributed by atoms with Gasteiger partial charge in [-0.1, -0.05) is 29.8 Å². The van der Waals surface area contributed by atoms with Gasteiger partial charge in [0.05, 0.1) is 18.2 Å². The van der Waals surface area contributed by atoms with E-state index in [4.69, 9.17) is 4.74 Å². The molecule has 1 unspecified atom stereocenters. The van der Waals surface area contributed by atoms with Gasteiger partial charge in [-0.15, -0.1) is 0 Å². The quantitative estimate of drug-likeness (QED) is 0.297. The highest BCUT2D eigenvalue weighted by atomic mass is 16.5. The highest BCUT2D eigenvalue weighted by Crippen LogP contribution is 2.42. The Hall–Kier alpha value is -4.06. The average molecular weight is 471 g/mol. The lowest BCUT2D eigenvalue weighted by atomic mass is 9.94. The minimum Gasteiger partial charge on any atom is -0.507 e. The third-order valence-electron chi connectivity index (χ3n) is 6.23. The number of ether oxygens (including phenoxy) is 1. The lowest BCUT2D eigenvalue weighted by Gasteiger charge is -2.26. The van der Waals surface area contributed by atoms with Gasteiger partial charge in [0.1, 0.15) is 11.5 Å². The van der Waals surface area contributed by atoms with Gasteiger partial charge in [0.2, 0.25) is 0 Å². The van der Waals surface area contributed by atoms with E-state index in [1.165, 1.54) is 4.90 Å². The molecule has 180 valence electrons. The van der Waals surface area contributed by atoms with E-state index in [2.05, 4.69) is 0 Å². The van der Waals surface area contributed by atoms with Gasteiger partial charge in [-0.05, 0) is 74.4 Å². The molecule has 1 aliphatic heterocycles.